The van der Waals surface area contributed by atoms with Gasteiger partial charge in [0.25, 0.3) is 0 Å². The van der Waals surface area contributed by atoms with Crippen molar-refractivity contribution in [3.63, 3.8) is 0 Å². The number of piperazine rings is 1. The van der Waals surface area contributed by atoms with Gasteiger partial charge in [0.1, 0.15) is 0 Å². The van der Waals surface area contributed by atoms with E-state index in [9.17, 15) is 5.11 Å². The molecule has 1 N–H and O–H groups in total. The van der Waals surface area contributed by atoms with Crippen LogP contribution in [-0.2, 0) is 0 Å². The fourth-order valence-corrected chi connectivity index (χ4v) is 3.37. The van der Waals surface area contributed by atoms with Gasteiger partial charge in [0.2, 0.25) is 0 Å². The molecule has 0 radical (unpaired) electrons. The molecule has 1 aromatic heterocycles. The number of likely N-dealkylation sites (N-methyl/N-ethyl adjacent to an activating group) is 2. The largest absolute Gasteiger partial charge is 0.388 e. The van der Waals surface area contributed by atoms with E-state index in [0.717, 1.165) is 30.9 Å². The molecule has 2 atom stereocenters. The van der Waals surface area contributed by atoms with Crippen LogP contribution in [0, 0.1) is 6.92 Å². The number of aryl methyl sites for hydroxylation is 1. The maximum absolute atomic E-state index is 10.3. The zero-order valence-corrected chi connectivity index (χ0v) is 11.7. The summed E-state index contributed by atoms with van der Waals surface area (Å²) in [5.74, 6) is 0. The first-order valence-electron chi connectivity index (χ1n) is 6.18. The number of rotatable bonds is 3. The minimum Gasteiger partial charge on any atom is -0.388 e. The van der Waals surface area contributed by atoms with Gasteiger partial charge in [0.05, 0.1) is 6.10 Å². The van der Waals surface area contributed by atoms with Gasteiger partial charge in [-0.2, -0.15) is 0 Å². The molecule has 2 rings (SSSR count). The van der Waals surface area contributed by atoms with Gasteiger partial charge in [-0.25, -0.2) is 0 Å². The molecule has 4 heteroatoms. The fourth-order valence-electron chi connectivity index (χ4n) is 2.45. The average molecular weight is 254 g/mol. The third-order valence-corrected chi connectivity index (χ3v) is 4.80. The number of thiophene rings is 1. The Morgan fingerprint density at radius 3 is 2.88 bits per heavy atom. The molecule has 0 saturated carbocycles. The molecule has 0 amide bonds. The summed E-state index contributed by atoms with van der Waals surface area (Å²) in [6.45, 7) is 5.35. The summed E-state index contributed by atoms with van der Waals surface area (Å²) < 4.78 is 0. The molecule has 1 fully saturated rings. The molecule has 3 nitrogen and oxygen atoms in total. The Morgan fingerprint density at radius 2 is 2.24 bits per heavy atom. The van der Waals surface area contributed by atoms with E-state index in [4.69, 9.17) is 0 Å². The smallest absolute Gasteiger partial charge is 0.0900 e. The van der Waals surface area contributed by atoms with Crippen molar-refractivity contribution in [2.45, 2.75) is 25.5 Å². The second kappa shape index (κ2) is 5.48. The predicted octanol–water partition coefficient (Wildman–Crippen LogP) is 1.73. The van der Waals surface area contributed by atoms with E-state index < -0.39 is 0 Å². The summed E-state index contributed by atoms with van der Waals surface area (Å²) in [5, 5.41) is 12.4. The van der Waals surface area contributed by atoms with Crippen LogP contribution in [-0.4, -0.2) is 54.7 Å². The molecule has 1 aliphatic rings. The second-order valence-electron chi connectivity index (χ2n) is 5.12. The third kappa shape index (κ3) is 3.07. The lowest BCUT2D eigenvalue weighted by molar-refractivity contribution is 0.0645. The third-order valence-electron chi connectivity index (χ3n) is 3.68. The van der Waals surface area contributed by atoms with Crippen LogP contribution >= 0.6 is 11.3 Å². The number of nitrogens with zero attached hydrogens (tertiary/aromatic N) is 2. The van der Waals surface area contributed by atoms with Crippen LogP contribution in [0.2, 0.25) is 0 Å². The van der Waals surface area contributed by atoms with Crippen LogP contribution in [0.25, 0.3) is 0 Å². The van der Waals surface area contributed by atoms with E-state index in [2.05, 4.69) is 42.3 Å². The van der Waals surface area contributed by atoms with Crippen molar-refractivity contribution >= 4 is 11.3 Å². The summed E-state index contributed by atoms with van der Waals surface area (Å²) >= 11 is 1.67. The van der Waals surface area contributed by atoms with E-state index in [1.54, 1.807) is 11.3 Å². The van der Waals surface area contributed by atoms with E-state index in [0.29, 0.717) is 6.04 Å². The molecule has 1 saturated heterocycles. The van der Waals surface area contributed by atoms with Crippen molar-refractivity contribution in [1.82, 2.24) is 9.80 Å². The minimum absolute atomic E-state index is 0.311. The minimum atomic E-state index is -0.311. The Hall–Kier alpha value is -0.420. The van der Waals surface area contributed by atoms with Crippen molar-refractivity contribution in [3.05, 3.63) is 21.9 Å². The zero-order valence-electron chi connectivity index (χ0n) is 10.9. The van der Waals surface area contributed by atoms with Gasteiger partial charge in [-0.3, -0.25) is 0 Å². The summed E-state index contributed by atoms with van der Waals surface area (Å²) in [4.78, 5) is 5.84. The monoisotopic (exact) mass is 254 g/mol. The van der Waals surface area contributed by atoms with E-state index in [-0.39, 0.29) is 6.10 Å². The van der Waals surface area contributed by atoms with E-state index in [1.165, 1.54) is 5.56 Å². The first kappa shape index (κ1) is 13.0. The van der Waals surface area contributed by atoms with Crippen LogP contribution in [0.15, 0.2) is 11.4 Å². The molecule has 0 aromatic carbocycles. The molecule has 0 aliphatic carbocycles. The molecule has 0 bridgehead atoms. The highest BCUT2D eigenvalue weighted by Gasteiger charge is 2.25. The lowest BCUT2D eigenvalue weighted by Gasteiger charge is -2.38. The van der Waals surface area contributed by atoms with Crippen molar-refractivity contribution in [2.75, 3.05) is 33.7 Å². The van der Waals surface area contributed by atoms with Gasteiger partial charge in [0, 0.05) is 30.6 Å². The lowest BCUT2D eigenvalue weighted by atomic mass is 10.0. The van der Waals surface area contributed by atoms with Crippen molar-refractivity contribution in [1.29, 1.82) is 0 Å². The van der Waals surface area contributed by atoms with Crippen LogP contribution in [0.5, 0.6) is 0 Å². The highest BCUT2D eigenvalue weighted by atomic mass is 32.1. The summed E-state index contributed by atoms with van der Waals surface area (Å²) in [6.07, 6.45) is 0.524. The fraction of sp³-hybridized carbons (Fsp3) is 0.692. The number of hydrogen-bond donors (Lipinski definition) is 1. The quantitative estimate of drug-likeness (QED) is 0.890. The normalized spacial score (nSPS) is 25.1. The predicted molar refractivity (Wildman–Crippen MR) is 72.5 cm³/mol. The first-order valence-corrected chi connectivity index (χ1v) is 7.06. The van der Waals surface area contributed by atoms with Crippen LogP contribution in [0.3, 0.4) is 0 Å². The van der Waals surface area contributed by atoms with Gasteiger partial charge in [0.15, 0.2) is 0 Å². The number of aliphatic hydroxyl groups is 1. The molecule has 2 unspecified atom stereocenters. The van der Waals surface area contributed by atoms with Gasteiger partial charge in [-0.05, 0) is 44.4 Å². The first-order chi connectivity index (χ1) is 8.08. The highest BCUT2D eigenvalue weighted by Crippen LogP contribution is 2.28. The topological polar surface area (TPSA) is 26.7 Å². The van der Waals surface area contributed by atoms with Gasteiger partial charge in [-0.15, -0.1) is 11.3 Å². The van der Waals surface area contributed by atoms with Crippen molar-refractivity contribution in [3.8, 4) is 0 Å². The Balaban J connectivity index is 1.98. The molecular weight excluding hydrogens is 232 g/mol. The van der Waals surface area contributed by atoms with E-state index >= 15 is 0 Å². The Kier molecular flexibility index (Phi) is 4.20. The number of aliphatic hydroxyl groups excluding tert-OH is 1. The zero-order chi connectivity index (χ0) is 12.4. The maximum atomic E-state index is 10.3. The van der Waals surface area contributed by atoms with Crippen molar-refractivity contribution in [2.24, 2.45) is 0 Å². The molecule has 17 heavy (non-hydrogen) atoms. The van der Waals surface area contributed by atoms with Gasteiger partial charge < -0.3 is 14.9 Å². The van der Waals surface area contributed by atoms with Crippen LogP contribution in [0.4, 0.5) is 0 Å². The Morgan fingerprint density at radius 1 is 1.47 bits per heavy atom. The Labute approximate surface area is 108 Å². The van der Waals surface area contributed by atoms with Gasteiger partial charge >= 0.3 is 0 Å². The van der Waals surface area contributed by atoms with Crippen LogP contribution < -0.4 is 0 Å². The van der Waals surface area contributed by atoms with E-state index in [1.807, 2.05) is 0 Å². The lowest BCUT2D eigenvalue weighted by Crippen LogP contribution is -2.50. The molecule has 0 spiro atoms. The van der Waals surface area contributed by atoms with Gasteiger partial charge in [-0.1, -0.05) is 0 Å². The Bertz CT molecular complexity index is 366. The number of hydrogen-bond acceptors (Lipinski definition) is 4. The standard InChI is InChI=1S/C13H22N2OS/c1-10-4-7-17-13(10)12(16)8-11-9-14(2)5-6-15(11)3/h4,7,11-12,16H,5-6,8-9H2,1-3H3. The highest BCUT2D eigenvalue weighted by molar-refractivity contribution is 7.10. The molecule has 2 heterocycles. The molecule has 1 aromatic rings. The summed E-state index contributed by atoms with van der Waals surface area (Å²) in [5.41, 5.74) is 1.22. The molecular formula is C13H22N2OS. The van der Waals surface area contributed by atoms with Crippen LogP contribution in [0.1, 0.15) is 23.0 Å². The average Bonchev–Trinajstić information content (AvgIpc) is 2.70. The second-order valence-corrected chi connectivity index (χ2v) is 6.06. The molecule has 96 valence electrons. The maximum Gasteiger partial charge on any atom is 0.0900 e. The SMILES string of the molecule is Cc1ccsc1C(O)CC1CN(C)CCN1C. The summed E-state index contributed by atoms with van der Waals surface area (Å²) in [7, 11) is 4.31. The summed E-state index contributed by atoms with van der Waals surface area (Å²) in [6, 6.07) is 2.55. The van der Waals surface area contributed by atoms with Crippen molar-refractivity contribution < 1.29 is 5.11 Å². The molecule has 1 aliphatic heterocycles.